The van der Waals surface area contributed by atoms with Gasteiger partial charge in [0.15, 0.2) is 0 Å². The SMILES string of the molecule is Nc1cc(-c2ccc(C(=O)N3CCCC3)cc2)n[nH]1. The van der Waals surface area contributed by atoms with E-state index in [0.29, 0.717) is 5.82 Å². The van der Waals surface area contributed by atoms with Crippen LogP contribution in [0.4, 0.5) is 5.82 Å². The van der Waals surface area contributed by atoms with Gasteiger partial charge in [0.05, 0.1) is 5.69 Å². The van der Waals surface area contributed by atoms with Gasteiger partial charge in [-0.25, -0.2) is 0 Å². The van der Waals surface area contributed by atoms with Crippen LogP contribution in [0.1, 0.15) is 23.2 Å². The van der Waals surface area contributed by atoms with Crippen LogP contribution in [0.2, 0.25) is 0 Å². The maximum absolute atomic E-state index is 12.2. The summed E-state index contributed by atoms with van der Waals surface area (Å²) in [6.45, 7) is 1.74. The predicted octanol–water partition coefficient (Wildman–Crippen LogP) is 1.89. The van der Waals surface area contributed by atoms with Gasteiger partial charge in [0.1, 0.15) is 5.82 Å². The molecule has 0 atom stereocenters. The van der Waals surface area contributed by atoms with Crippen LogP contribution in [0, 0.1) is 0 Å². The van der Waals surface area contributed by atoms with Crippen molar-refractivity contribution in [2.75, 3.05) is 18.8 Å². The second-order valence-corrected chi connectivity index (χ2v) is 4.79. The maximum atomic E-state index is 12.2. The number of nitrogens with zero attached hydrogens (tertiary/aromatic N) is 2. The average Bonchev–Trinajstić information content (AvgIpc) is 3.09. The molecule has 98 valence electrons. The van der Waals surface area contributed by atoms with Crippen molar-refractivity contribution in [1.29, 1.82) is 0 Å². The highest BCUT2D eigenvalue weighted by atomic mass is 16.2. The van der Waals surface area contributed by atoms with Crippen molar-refractivity contribution in [3.63, 3.8) is 0 Å². The van der Waals surface area contributed by atoms with Crippen molar-refractivity contribution >= 4 is 11.7 Å². The lowest BCUT2D eigenvalue weighted by Gasteiger charge is -2.15. The number of carbonyl (C=O) groups is 1. The van der Waals surface area contributed by atoms with Crippen molar-refractivity contribution in [2.45, 2.75) is 12.8 Å². The third kappa shape index (κ3) is 2.31. The van der Waals surface area contributed by atoms with Gasteiger partial charge >= 0.3 is 0 Å². The number of anilines is 1. The molecule has 0 bridgehead atoms. The Morgan fingerprint density at radius 2 is 1.89 bits per heavy atom. The first-order chi connectivity index (χ1) is 9.24. The van der Waals surface area contributed by atoms with Crippen molar-refractivity contribution in [3.8, 4) is 11.3 Å². The van der Waals surface area contributed by atoms with Gasteiger partial charge in [0, 0.05) is 30.3 Å². The molecule has 1 saturated heterocycles. The standard InChI is InChI=1S/C14H16N4O/c15-13-9-12(16-17-13)10-3-5-11(6-4-10)14(19)18-7-1-2-8-18/h3-6,9H,1-2,7-8H2,(H3,15,16,17). The van der Waals surface area contributed by atoms with Gasteiger partial charge in [-0.3, -0.25) is 9.89 Å². The van der Waals surface area contributed by atoms with Crippen LogP contribution in [0.5, 0.6) is 0 Å². The van der Waals surface area contributed by atoms with E-state index in [4.69, 9.17) is 5.73 Å². The number of aromatic nitrogens is 2. The monoisotopic (exact) mass is 256 g/mol. The van der Waals surface area contributed by atoms with E-state index in [2.05, 4.69) is 10.2 Å². The molecule has 0 aliphatic carbocycles. The molecular formula is C14H16N4O. The minimum Gasteiger partial charge on any atom is -0.384 e. The molecule has 5 heteroatoms. The first kappa shape index (κ1) is 11.8. The molecule has 0 spiro atoms. The second-order valence-electron chi connectivity index (χ2n) is 4.79. The Hall–Kier alpha value is -2.30. The van der Waals surface area contributed by atoms with Crippen LogP contribution in [0.3, 0.4) is 0 Å². The summed E-state index contributed by atoms with van der Waals surface area (Å²) in [4.78, 5) is 14.1. The van der Waals surface area contributed by atoms with Gasteiger partial charge in [-0.2, -0.15) is 5.10 Å². The molecular weight excluding hydrogens is 240 g/mol. The molecule has 0 radical (unpaired) electrons. The quantitative estimate of drug-likeness (QED) is 0.861. The van der Waals surface area contributed by atoms with E-state index >= 15 is 0 Å². The Morgan fingerprint density at radius 3 is 2.47 bits per heavy atom. The molecule has 1 aliphatic heterocycles. The van der Waals surface area contributed by atoms with Gasteiger partial charge in [-0.05, 0) is 25.0 Å². The summed E-state index contributed by atoms with van der Waals surface area (Å²) in [5, 5.41) is 6.79. The number of hydrogen-bond donors (Lipinski definition) is 2. The van der Waals surface area contributed by atoms with Gasteiger partial charge in [-0.1, -0.05) is 12.1 Å². The summed E-state index contributed by atoms with van der Waals surface area (Å²) in [7, 11) is 0. The lowest BCUT2D eigenvalue weighted by Crippen LogP contribution is -2.27. The fourth-order valence-corrected chi connectivity index (χ4v) is 2.37. The number of amides is 1. The Kier molecular flexibility index (Phi) is 2.95. The molecule has 0 unspecified atom stereocenters. The predicted molar refractivity (Wildman–Crippen MR) is 73.6 cm³/mol. The van der Waals surface area contributed by atoms with Crippen molar-refractivity contribution in [2.24, 2.45) is 0 Å². The Labute approximate surface area is 111 Å². The zero-order valence-electron chi connectivity index (χ0n) is 10.6. The zero-order valence-corrected chi connectivity index (χ0v) is 10.6. The first-order valence-corrected chi connectivity index (χ1v) is 6.44. The molecule has 1 aliphatic rings. The number of nitrogens with two attached hydrogens (primary N) is 1. The number of rotatable bonds is 2. The van der Waals surface area contributed by atoms with Crippen LogP contribution in [-0.4, -0.2) is 34.1 Å². The summed E-state index contributed by atoms with van der Waals surface area (Å²) in [5.41, 5.74) is 8.07. The number of nitrogens with one attached hydrogen (secondary N) is 1. The smallest absolute Gasteiger partial charge is 0.253 e. The van der Waals surface area contributed by atoms with Crippen LogP contribution in [-0.2, 0) is 0 Å². The summed E-state index contributed by atoms with van der Waals surface area (Å²) in [6, 6.07) is 9.27. The van der Waals surface area contributed by atoms with E-state index in [9.17, 15) is 4.79 Å². The lowest BCUT2D eigenvalue weighted by molar-refractivity contribution is 0.0793. The second kappa shape index (κ2) is 4.76. The number of aromatic amines is 1. The van der Waals surface area contributed by atoms with Crippen LogP contribution in [0.25, 0.3) is 11.3 Å². The van der Waals surface area contributed by atoms with E-state index in [1.54, 1.807) is 6.07 Å². The van der Waals surface area contributed by atoms with Gasteiger partial charge < -0.3 is 10.6 Å². The van der Waals surface area contributed by atoms with Crippen molar-refractivity contribution < 1.29 is 4.79 Å². The number of H-pyrrole nitrogens is 1. The number of nitrogen functional groups attached to an aromatic ring is 1. The van der Waals surface area contributed by atoms with E-state index < -0.39 is 0 Å². The molecule has 1 amide bonds. The Balaban J connectivity index is 1.80. The lowest BCUT2D eigenvalue weighted by atomic mass is 10.1. The fraction of sp³-hybridized carbons (Fsp3) is 0.286. The van der Waals surface area contributed by atoms with E-state index in [1.807, 2.05) is 29.2 Å². The van der Waals surface area contributed by atoms with Crippen molar-refractivity contribution in [1.82, 2.24) is 15.1 Å². The largest absolute Gasteiger partial charge is 0.384 e. The molecule has 0 saturated carbocycles. The molecule has 3 N–H and O–H groups in total. The molecule has 2 heterocycles. The maximum Gasteiger partial charge on any atom is 0.253 e. The molecule has 3 rings (SSSR count). The molecule has 2 aromatic rings. The highest BCUT2D eigenvalue weighted by Crippen LogP contribution is 2.20. The fourth-order valence-electron chi connectivity index (χ4n) is 2.37. The normalized spacial score (nSPS) is 14.8. The highest BCUT2D eigenvalue weighted by molar-refractivity contribution is 5.94. The Morgan fingerprint density at radius 1 is 1.21 bits per heavy atom. The minimum atomic E-state index is 0.116. The summed E-state index contributed by atoms with van der Waals surface area (Å²) in [5.74, 6) is 0.651. The molecule has 5 nitrogen and oxygen atoms in total. The minimum absolute atomic E-state index is 0.116. The first-order valence-electron chi connectivity index (χ1n) is 6.44. The molecule has 19 heavy (non-hydrogen) atoms. The van der Waals surface area contributed by atoms with E-state index in [-0.39, 0.29) is 5.91 Å². The van der Waals surface area contributed by atoms with Crippen LogP contribution >= 0.6 is 0 Å². The molecule has 1 fully saturated rings. The van der Waals surface area contributed by atoms with Gasteiger partial charge in [-0.15, -0.1) is 0 Å². The van der Waals surface area contributed by atoms with Crippen LogP contribution in [0.15, 0.2) is 30.3 Å². The number of benzene rings is 1. The third-order valence-electron chi connectivity index (χ3n) is 3.42. The number of hydrogen-bond acceptors (Lipinski definition) is 3. The van der Waals surface area contributed by atoms with E-state index in [1.165, 1.54) is 0 Å². The third-order valence-corrected chi connectivity index (χ3v) is 3.42. The van der Waals surface area contributed by atoms with Gasteiger partial charge in [0.25, 0.3) is 5.91 Å². The number of carbonyl (C=O) groups excluding carboxylic acids is 1. The molecule has 1 aromatic heterocycles. The van der Waals surface area contributed by atoms with Crippen molar-refractivity contribution in [3.05, 3.63) is 35.9 Å². The topological polar surface area (TPSA) is 75.0 Å². The summed E-state index contributed by atoms with van der Waals surface area (Å²) in [6.07, 6.45) is 2.22. The zero-order chi connectivity index (χ0) is 13.2. The summed E-state index contributed by atoms with van der Waals surface area (Å²) < 4.78 is 0. The highest BCUT2D eigenvalue weighted by Gasteiger charge is 2.19. The van der Waals surface area contributed by atoms with Gasteiger partial charge in [0.2, 0.25) is 0 Å². The van der Waals surface area contributed by atoms with E-state index in [0.717, 1.165) is 42.8 Å². The average molecular weight is 256 g/mol. The Bertz CT molecular complexity index is 582. The molecule has 1 aromatic carbocycles. The number of likely N-dealkylation sites (tertiary alicyclic amines) is 1. The summed E-state index contributed by atoms with van der Waals surface area (Å²) >= 11 is 0. The van der Waals surface area contributed by atoms with Crippen LogP contribution < -0.4 is 5.73 Å².